The Labute approximate surface area is 55.8 Å². The summed E-state index contributed by atoms with van der Waals surface area (Å²) in [6, 6.07) is 0. The molecule has 2 nitrogen and oxygen atoms in total. The van der Waals surface area contributed by atoms with Crippen LogP contribution in [0.3, 0.4) is 0 Å². The fraction of sp³-hybridized carbons (Fsp3) is 0.429. The van der Waals surface area contributed by atoms with Gasteiger partial charge in [-0.1, -0.05) is 13.5 Å². The summed E-state index contributed by atoms with van der Waals surface area (Å²) < 4.78 is 0. The van der Waals surface area contributed by atoms with Crippen molar-refractivity contribution in [3.8, 4) is 0 Å². The zero-order valence-corrected chi connectivity index (χ0v) is 5.94. The van der Waals surface area contributed by atoms with Gasteiger partial charge in [-0.05, 0) is 6.42 Å². The van der Waals surface area contributed by atoms with Crippen molar-refractivity contribution in [1.82, 2.24) is 0 Å². The van der Waals surface area contributed by atoms with Crippen molar-refractivity contribution < 1.29 is 0 Å². The molecule has 0 saturated carbocycles. The third-order valence-electron chi connectivity index (χ3n) is 1.12. The highest BCUT2D eigenvalue weighted by molar-refractivity contribution is 5.96. The van der Waals surface area contributed by atoms with Crippen LogP contribution in [-0.2, 0) is 0 Å². The van der Waals surface area contributed by atoms with Crippen LogP contribution in [0.25, 0.3) is 0 Å². The Morgan fingerprint density at radius 2 is 2.33 bits per heavy atom. The van der Waals surface area contributed by atoms with Crippen LogP contribution in [-0.4, -0.2) is 12.9 Å². The fourth-order valence-electron chi connectivity index (χ4n) is 0.532. The summed E-state index contributed by atoms with van der Waals surface area (Å²) >= 11 is 0. The van der Waals surface area contributed by atoms with Crippen LogP contribution >= 0.6 is 0 Å². The third-order valence-corrected chi connectivity index (χ3v) is 1.12. The summed E-state index contributed by atoms with van der Waals surface area (Å²) in [4.78, 5) is 3.79. The number of hydrogen-bond donors (Lipinski definition) is 1. The fourth-order valence-corrected chi connectivity index (χ4v) is 0.532. The lowest BCUT2D eigenvalue weighted by atomic mass is 10.2. The molecule has 0 bridgehead atoms. The predicted octanol–water partition coefficient (Wildman–Crippen LogP) is 1.09. The standard InChI is InChI=1S/C7H12N2/c1-4-6(5-2)7(8)9-3/h1,5H2,2-3H3,(H2,8,9). The van der Waals surface area contributed by atoms with Gasteiger partial charge in [-0.15, -0.1) is 5.73 Å². The molecular formula is C7H12N2. The Bertz CT molecular complexity index is 162. The van der Waals surface area contributed by atoms with Crippen LogP contribution in [0.4, 0.5) is 0 Å². The first-order chi connectivity index (χ1) is 4.26. The van der Waals surface area contributed by atoms with Crippen LogP contribution < -0.4 is 5.73 Å². The second-order valence-electron chi connectivity index (χ2n) is 1.62. The van der Waals surface area contributed by atoms with Crippen molar-refractivity contribution in [2.75, 3.05) is 7.05 Å². The van der Waals surface area contributed by atoms with E-state index >= 15 is 0 Å². The first-order valence-electron chi connectivity index (χ1n) is 2.87. The van der Waals surface area contributed by atoms with Gasteiger partial charge in [0.2, 0.25) is 0 Å². The Morgan fingerprint density at radius 3 is 2.44 bits per heavy atom. The molecule has 0 aliphatic carbocycles. The Morgan fingerprint density at radius 1 is 1.78 bits per heavy atom. The normalized spacial score (nSPS) is 10.7. The number of amidine groups is 1. The average molecular weight is 124 g/mol. The minimum atomic E-state index is 0.535. The van der Waals surface area contributed by atoms with Gasteiger partial charge in [0, 0.05) is 12.6 Å². The molecule has 0 fully saturated rings. The molecule has 0 unspecified atom stereocenters. The van der Waals surface area contributed by atoms with Gasteiger partial charge in [-0.3, -0.25) is 4.99 Å². The van der Waals surface area contributed by atoms with E-state index in [1.54, 1.807) is 7.05 Å². The minimum Gasteiger partial charge on any atom is -0.383 e. The molecule has 0 saturated heterocycles. The number of nitrogens with two attached hydrogens (primary N) is 1. The van der Waals surface area contributed by atoms with Crippen molar-refractivity contribution in [3.05, 3.63) is 17.9 Å². The Kier molecular flexibility index (Phi) is 3.49. The number of rotatable bonds is 2. The van der Waals surface area contributed by atoms with E-state index in [0.717, 1.165) is 12.0 Å². The molecule has 0 atom stereocenters. The molecule has 0 aliphatic heterocycles. The zero-order chi connectivity index (χ0) is 7.28. The van der Waals surface area contributed by atoms with E-state index in [9.17, 15) is 0 Å². The largest absolute Gasteiger partial charge is 0.383 e. The molecule has 0 heterocycles. The van der Waals surface area contributed by atoms with E-state index in [4.69, 9.17) is 5.73 Å². The van der Waals surface area contributed by atoms with Crippen molar-refractivity contribution in [2.24, 2.45) is 10.7 Å². The van der Waals surface area contributed by atoms with Crippen LogP contribution in [0.15, 0.2) is 22.9 Å². The van der Waals surface area contributed by atoms with Crippen LogP contribution in [0.2, 0.25) is 0 Å². The van der Waals surface area contributed by atoms with Gasteiger partial charge in [0.05, 0.1) is 0 Å². The minimum absolute atomic E-state index is 0.535. The highest BCUT2D eigenvalue weighted by Gasteiger charge is 1.94. The maximum atomic E-state index is 5.45. The molecule has 0 aromatic carbocycles. The number of hydrogen-bond acceptors (Lipinski definition) is 1. The Balaban J connectivity index is 4.33. The molecule has 2 heteroatoms. The van der Waals surface area contributed by atoms with E-state index in [0.29, 0.717) is 5.84 Å². The predicted molar refractivity (Wildman–Crippen MR) is 40.5 cm³/mol. The van der Waals surface area contributed by atoms with Crippen molar-refractivity contribution in [1.29, 1.82) is 0 Å². The SMILES string of the molecule is C=C=C(CC)C(N)=NC. The van der Waals surface area contributed by atoms with Gasteiger partial charge in [0.25, 0.3) is 0 Å². The summed E-state index contributed by atoms with van der Waals surface area (Å²) in [5, 5.41) is 0. The van der Waals surface area contributed by atoms with Crippen molar-refractivity contribution in [3.63, 3.8) is 0 Å². The lowest BCUT2D eigenvalue weighted by Gasteiger charge is -1.96. The topological polar surface area (TPSA) is 38.4 Å². The molecule has 0 radical (unpaired) electrons. The quantitative estimate of drug-likeness (QED) is 0.334. The van der Waals surface area contributed by atoms with E-state index in [2.05, 4.69) is 17.3 Å². The van der Waals surface area contributed by atoms with E-state index in [1.165, 1.54) is 0 Å². The van der Waals surface area contributed by atoms with Gasteiger partial charge >= 0.3 is 0 Å². The number of aliphatic imine (C=N–C) groups is 1. The molecule has 0 aromatic rings. The molecule has 0 rings (SSSR count). The maximum absolute atomic E-state index is 5.45. The summed E-state index contributed by atoms with van der Waals surface area (Å²) in [5.41, 5.74) is 9.05. The lowest BCUT2D eigenvalue weighted by molar-refractivity contribution is 1.16. The van der Waals surface area contributed by atoms with Gasteiger partial charge in [0.15, 0.2) is 0 Å². The lowest BCUT2D eigenvalue weighted by Crippen LogP contribution is -2.13. The highest BCUT2D eigenvalue weighted by atomic mass is 14.8. The van der Waals surface area contributed by atoms with Crippen LogP contribution in [0, 0.1) is 0 Å². The smallest absolute Gasteiger partial charge is 0.129 e. The molecular weight excluding hydrogens is 112 g/mol. The maximum Gasteiger partial charge on any atom is 0.129 e. The number of nitrogens with zero attached hydrogens (tertiary/aromatic N) is 1. The van der Waals surface area contributed by atoms with Gasteiger partial charge in [0.1, 0.15) is 5.84 Å². The first-order valence-corrected chi connectivity index (χ1v) is 2.87. The first kappa shape index (κ1) is 7.99. The van der Waals surface area contributed by atoms with Crippen LogP contribution in [0.1, 0.15) is 13.3 Å². The highest BCUT2D eigenvalue weighted by Crippen LogP contribution is 1.95. The monoisotopic (exact) mass is 124 g/mol. The van der Waals surface area contributed by atoms with Crippen LogP contribution in [0.5, 0.6) is 0 Å². The summed E-state index contributed by atoms with van der Waals surface area (Å²) in [7, 11) is 1.66. The molecule has 0 aliphatic rings. The molecule has 0 spiro atoms. The summed E-state index contributed by atoms with van der Waals surface area (Å²) in [5.74, 6) is 0.535. The van der Waals surface area contributed by atoms with Gasteiger partial charge < -0.3 is 5.73 Å². The molecule has 2 N–H and O–H groups in total. The van der Waals surface area contributed by atoms with E-state index in [-0.39, 0.29) is 0 Å². The van der Waals surface area contributed by atoms with Gasteiger partial charge in [-0.25, -0.2) is 0 Å². The van der Waals surface area contributed by atoms with Gasteiger partial charge in [-0.2, -0.15) is 0 Å². The second kappa shape index (κ2) is 3.93. The Hall–Kier alpha value is -1.01. The average Bonchev–Trinajstić information content (AvgIpc) is 1.90. The molecule has 50 valence electrons. The summed E-state index contributed by atoms with van der Waals surface area (Å²) in [6.07, 6.45) is 0.840. The van der Waals surface area contributed by atoms with E-state index < -0.39 is 0 Å². The molecule has 9 heavy (non-hydrogen) atoms. The van der Waals surface area contributed by atoms with Crippen molar-refractivity contribution in [2.45, 2.75) is 13.3 Å². The van der Waals surface area contributed by atoms with Crippen molar-refractivity contribution >= 4 is 5.84 Å². The molecule has 0 aromatic heterocycles. The zero-order valence-electron chi connectivity index (χ0n) is 5.94. The third kappa shape index (κ3) is 2.15. The van der Waals surface area contributed by atoms with E-state index in [1.807, 2.05) is 6.92 Å². The molecule has 0 amide bonds. The second-order valence-corrected chi connectivity index (χ2v) is 1.62. The summed E-state index contributed by atoms with van der Waals surface area (Å²) in [6.45, 7) is 5.47.